The van der Waals surface area contributed by atoms with Gasteiger partial charge in [-0.05, 0) is 19.1 Å². The lowest BCUT2D eigenvalue weighted by Crippen LogP contribution is -2.47. The van der Waals surface area contributed by atoms with Crippen molar-refractivity contribution in [2.75, 3.05) is 13.7 Å². The molecule has 1 saturated heterocycles. The first kappa shape index (κ1) is 15.1. The molecule has 0 radical (unpaired) electrons. The van der Waals surface area contributed by atoms with E-state index in [-0.39, 0.29) is 19.1 Å². The molecule has 0 aromatic heterocycles. The Bertz CT molecular complexity index is 544. The van der Waals surface area contributed by atoms with Crippen molar-refractivity contribution in [3.8, 4) is 0 Å². The molecule has 1 aromatic carbocycles. The molecule has 1 fully saturated rings. The van der Waals surface area contributed by atoms with E-state index in [4.69, 9.17) is 27.9 Å². The van der Waals surface area contributed by atoms with E-state index >= 15 is 0 Å². The van der Waals surface area contributed by atoms with Crippen LogP contribution in [0.1, 0.15) is 12.5 Å². The molecule has 7 heteroatoms. The molecule has 1 aliphatic heterocycles. The second-order valence-electron chi connectivity index (χ2n) is 4.79. The number of urea groups is 1. The average molecular weight is 317 g/mol. The summed E-state index contributed by atoms with van der Waals surface area (Å²) in [4.78, 5) is 25.4. The molecule has 0 saturated carbocycles. The monoisotopic (exact) mass is 316 g/mol. The maximum Gasteiger partial charge on any atom is 0.325 e. The number of rotatable bonds is 4. The quantitative estimate of drug-likeness (QED) is 0.868. The number of halogens is 2. The van der Waals surface area contributed by atoms with Gasteiger partial charge in [0.2, 0.25) is 0 Å². The molecule has 0 aliphatic carbocycles. The van der Waals surface area contributed by atoms with Crippen LogP contribution in [-0.2, 0) is 16.1 Å². The van der Waals surface area contributed by atoms with Crippen molar-refractivity contribution in [1.29, 1.82) is 0 Å². The number of nitrogens with one attached hydrogen (secondary N) is 1. The van der Waals surface area contributed by atoms with Gasteiger partial charge in [-0.2, -0.15) is 0 Å². The maximum atomic E-state index is 12.3. The van der Waals surface area contributed by atoms with Gasteiger partial charge in [0.1, 0.15) is 5.54 Å². The van der Waals surface area contributed by atoms with E-state index in [1.54, 1.807) is 25.1 Å². The van der Waals surface area contributed by atoms with E-state index in [0.29, 0.717) is 15.6 Å². The lowest BCUT2D eigenvalue weighted by molar-refractivity contribution is -0.132. The number of hydrogen-bond acceptors (Lipinski definition) is 3. The predicted octanol–water partition coefficient (Wildman–Crippen LogP) is 2.45. The van der Waals surface area contributed by atoms with Gasteiger partial charge in [0.25, 0.3) is 5.91 Å². The molecule has 3 amide bonds. The molecular weight excluding hydrogens is 303 g/mol. The fourth-order valence-corrected chi connectivity index (χ4v) is 2.64. The van der Waals surface area contributed by atoms with Crippen molar-refractivity contribution in [3.05, 3.63) is 33.8 Å². The number of methoxy groups -OCH3 is 1. The molecule has 1 atom stereocenters. The highest BCUT2D eigenvalue weighted by Gasteiger charge is 2.48. The Labute approximate surface area is 126 Å². The Morgan fingerprint density at radius 3 is 2.45 bits per heavy atom. The third-order valence-electron chi connectivity index (χ3n) is 3.16. The van der Waals surface area contributed by atoms with Gasteiger partial charge in [-0.1, -0.05) is 29.3 Å². The first-order valence-electron chi connectivity index (χ1n) is 5.95. The third kappa shape index (κ3) is 2.61. The van der Waals surface area contributed by atoms with Crippen molar-refractivity contribution in [1.82, 2.24) is 10.2 Å². The summed E-state index contributed by atoms with van der Waals surface area (Å²) in [7, 11) is 1.47. The van der Waals surface area contributed by atoms with E-state index in [9.17, 15) is 9.59 Å². The number of carbonyl (C=O) groups is 2. The largest absolute Gasteiger partial charge is 0.382 e. The second kappa shape index (κ2) is 5.60. The first-order chi connectivity index (χ1) is 9.39. The van der Waals surface area contributed by atoms with E-state index in [2.05, 4.69) is 5.32 Å². The summed E-state index contributed by atoms with van der Waals surface area (Å²) in [6, 6.07) is 4.55. The zero-order valence-electron chi connectivity index (χ0n) is 11.1. The number of carbonyl (C=O) groups excluding carboxylic acids is 2. The fourth-order valence-electron chi connectivity index (χ4n) is 2.12. The van der Waals surface area contributed by atoms with Gasteiger partial charge in [0.15, 0.2) is 0 Å². The zero-order valence-corrected chi connectivity index (χ0v) is 12.6. The lowest BCUT2D eigenvalue weighted by atomic mass is 10.0. The Balaban J connectivity index is 2.26. The van der Waals surface area contributed by atoms with E-state index in [1.807, 2.05) is 0 Å². The number of imide groups is 1. The Morgan fingerprint density at radius 1 is 1.30 bits per heavy atom. The van der Waals surface area contributed by atoms with Crippen LogP contribution in [0.2, 0.25) is 10.0 Å². The van der Waals surface area contributed by atoms with Crippen molar-refractivity contribution in [3.63, 3.8) is 0 Å². The summed E-state index contributed by atoms with van der Waals surface area (Å²) >= 11 is 12.1. The Morgan fingerprint density at radius 2 is 1.90 bits per heavy atom. The Kier molecular flexibility index (Phi) is 4.22. The predicted molar refractivity (Wildman–Crippen MR) is 75.8 cm³/mol. The molecular formula is C13H14Cl2N2O3. The topological polar surface area (TPSA) is 58.6 Å². The van der Waals surface area contributed by atoms with Gasteiger partial charge in [0.05, 0.1) is 13.2 Å². The minimum absolute atomic E-state index is 0.0302. The van der Waals surface area contributed by atoms with Gasteiger partial charge in [-0.25, -0.2) is 4.79 Å². The summed E-state index contributed by atoms with van der Waals surface area (Å²) < 4.78 is 4.98. The van der Waals surface area contributed by atoms with Gasteiger partial charge in [-0.15, -0.1) is 0 Å². The molecule has 0 spiro atoms. The highest BCUT2D eigenvalue weighted by molar-refractivity contribution is 6.36. The zero-order chi connectivity index (χ0) is 14.9. The molecule has 1 aromatic rings. The van der Waals surface area contributed by atoms with E-state index < -0.39 is 11.6 Å². The lowest BCUT2D eigenvalue weighted by Gasteiger charge is -2.20. The minimum Gasteiger partial charge on any atom is -0.382 e. The van der Waals surface area contributed by atoms with E-state index in [0.717, 1.165) is 4.90 Å². The van der Waals surface area contributed by atoms with Crippen molar-refractivity contribution >= 4 is 35.1 Å². The number of benzene rings is 1. The summed E-state index contributed by atoms with van der Waals surface area (Å²) in [5.74, 6) is -0.361. The highest BCUT2D eigenvalue weighted by atomic mass is 35.5. The van der Waals surface area contributed by atoms with Gasteiger partial charge >= 0.3 is 6.03 Å². The van der Waals surface area contributed by atoms with Crippen LogP contribution in [0.15, 0.2) is 18.2 Å². The molecule has 20 heavy (non-hydrogen) atoms. The molecule has 1 unspecified atom stereocenters. The van der Waals surface area contributed by atoms with Crippen LogP contribution >= 0.6 is 23.2 Å². The van der Waals surface area contributed by atoms with Crippen LogP contribution in [0.5, 0.6) is 0 Å². The number of hydrogen-bond donors (Lipinski definition) is 1. The molecule has 2 rings (SSSR count). The number of amides is 3. The molecule has 1 aliphatic rings. The van der Waals surface area contributed by atoms with Crippen LogP contribution in [0.3, 0.4) is 0 Å². The normalized spacial score (nSPS) is 22.3. The summed E-state index contributed by atoms with van der Waals surface area (Å²) in [5.41, 5.74) is -0.513. The molecule has 1 heterocycles. The van der Waals surface area contributed by atoms with Gasteiger partial charge in [0, 0.05) is 22.7 Å². The molecule has 5 nitrogen and oxygen atoms in total. The summed E-state index contributed by atoms with van der Waals surface area (Å²) in [6.07, 6.45) is 0. The van der Waals surface area contributed by atoms with Crippen LogP contribution in [0, 0.1) is 0 Å². The number of nitrogens with zero attached hydrogens (tertiary/aromatic N) is 1. The first-order valence-corrected chi connectivity index (χ1v) is 6.70. The number of ether oxygens (including phenoxy) is 1. The van der Waals surface area contributed by atoms with Crippen molar-refractivity contribution < 1.29 is 14.3 Å². The SMILES string of the molecule is COCC1(C)NC(=O)N(Cc2c(Cl)cccc2Cl)C1=O. The fraction of sp³-hybridized carbons (Fsp3) is 0.385. The van der Waals surface area contributed by atoms with Crippen molar-refractivity contribution in [2.24, 2.45) is 0 Å². The summed E-state index contributed by atoms with van der Waals surface area (Å²) in [5, 5.41) is 3.45. The smallest absolute Gasteiger partial charge is 0.325 e. The van der Waals surface area contributed by atoms with E-state index in [1.165, 1.54) is 7.11 Å². The standard InChI is InChI=1S/C13H14Cl2N2O3/c1-13(7-20-2)11(18)17(12(19)16-13)6-8-9(14)4-3-5-10(8)15/h3-5H,6-7H2,1-2H3,(H,16,19). The second-order valence-corrected chi connectivity index (χ2v) is 5.60. The average Bonchev–Trinajstić information content (AvgIpc) is 2.57. The maximum absolute atomic E-state index is 12.3. The third-order valence-corrected chi connectivity index (χ3v) is 3.86. The van der Waals surface area contributed by atoms with Crippen LogP contribution < -0.4 is 5.32 Å². The van der Waals surface area contributed by atoms with Gasteiger partial charge < -0.3 is 10.1 Å². The molecule has 0 bridgehead atoms. The minimum atomic E-state index is -1.06. The van der Waals surface area contributed by atoms with Crippen LogP contribution in [0.4, 0.5) is 4.79 Å². The highest BCUT2D eigenvalue weighted by Crippen LogP contribution is 2.28. The van der Waals surface area contributed by atoms with Crippen LogP contribution in [-0.4, -0.2) is 36.1 Å². The molecule has 1 N–H and O–H groups in total. The Hall–Kier alpha value is -1.30. The van der Waals surface area contributed by atoms with Crippen molar-refractivity contribution in [2.45, 2.75) is 19.0 Å². The summed E-state index contributed by atoms with van der Waals surface area (Å²) in [6.45, 7) is 1.75. The van der Waals surface area contributed by atoms with Gasteiger partial charge in [-0.3, -0.25) is 9.69 Å². The van der Waals surface area contributed by atoms with Crippen LogP contribution in [0.25, 0.3) is 0 Å². The molecule has 108 valence electrons.